The standard InChI is InChI=1S/C19H24N6/c1-15-11-19(21-14-20-15)23(2)17-6-9-24(10-7-17)12-16-13-25-8-4-3-5-18(25)22-16/h3-5,8,11,13-14,17H,6-7,9-10,12H2,1-2H3. The highest BCUT2D eigenvalue weighted by Crippen LogP contribution is 2.21. The molecule has 0 atom stereocenters. The van der Waals surface area contributed by atoms with E-state index in [9.17, 15) is 0 Å². The molecule has 130 valence electrons. The van der Waals surface area contributed by atoms with E-state index in [1.165, 1.54) is 0 Å². The highest BCUT2D eigenvalue weighted by molar-refractivity contribution is 5.40. The lowest BCUT2D eigenvalue weighted by Crippen LogP contribution is -2.43. The maximum atomic E-state index is 4.71. The molecule has 0 bridgehead atoms. The SMILES string of the molecule is Cc1cc(N(C)C2CCN(Cc3cn4ccccc4n3)CC2)ncn1. The van der Waals surface area contributed by atoms with Crippen molar-refractivity contribution in [3.8, 4) is 0 Å². The summed E-state index contributed by atoms with van der Waals surface area (Å²) in [6.07, 6.45) is 8.13. The van der Waals surface area contributed by atoms with Crippen molar-refractivity contribution in [3.05, 3.63) is 54.4 Å². The van der Waals surface area contributed by atoms with Crippen LogP contribution in [0.1, 0.15) is 24.2 Å². The van der Waals surface area contributed by atoms with Crippen LogP contribution in [0.4, 0.5) is 5.82 Å². The fourth-order valence-corrected chi connectivity index (χ4v) is 3.58. The summed E-state index contributed by atoms with van der Waals surface area (Å²) in [7, 11) is 2.14. The minimum Gasteiger partial charge on any atom is -0.356 e. The van der Waals surface area contributed by atoms with E-state index in [0.717, 1.165) is 55.3 Å². The number of imidazole rings is 1. The second kappa shape index (κ2) is 6.80. The number of pyridine rings is 1. The van der Waals surface area contributed by atoms with Crippen LogP contribution in [0.15, 0.2) is 43.0 Å². The summed E-state index contributed by atoms with van der Waals surface area (Å²) in [4.78, 5) is 18.1. The first-order chi connectivity index (χ1) is 12.2. The third-order valence-corrected chi connectivity index (χ3v) is 5.06. The van der Waals surface area contributed by atoms with E-state index in [0.29, 0.717) is 6.04 Å². The third-order valence-electron chi connectivity index (χ3n) is 5.06. The predicted molar refractivity (Wildman–Crippen MR) is 98.7 cm³/mol. The maximum absolute atomic E-state index is 4.71. The molecule has 4 rings (SSSR count). The van der Waals surface area contributed by atoms with Gasteiger partial charge in [-0.05, 0) is 31.9 Å². The zero-order valence-electron chi connectivity index (χ0n) is 14.8. The molecule has 1 saturated heterocycles. The van der Waals surface area contributed by atoms with Crippen LogP contribution < -0.4 is 4.90 Å². The Morgan fingerprint density at radius 2 is 2.04 bits per heavy atom. The molecule has 3 aromatic rings. The summed E-state index contributed by atoms with van der Waals surface area (Å²) in [5, 5.41) is 0. The van der Waals surface area contributed by atoms with Crippen molar-refractivity contribution in [2.75, 3.05) is 25.0 Å². The zero-order chi connectivity index (χ0) is 17.2. The van der Waals surface area contributed by atoms with E-state index in [-0.39, 0.29) is 0 Å². The van der Waals surface area contributed by atoms with Gasteiger partial charge in [0.2, 0.25) is 0 Å². The zero-order valence-corrected chi connectivity index (χ0v) is 14.8. The van der Waals surface area contributed by atoms with Crippen LogP contribution in [0.3, 0.4) is 0 Å². The van der Waals surface area contributed by atoms with Crippen LogP contribution >= 0.6 is 0 Å². The number of hydrogen-bond donors (Lipinski definition) is 0. The van der Waals surface area contributed by atoms with E-state index < -0.39 is 0 Å². The third kappa shape index (κ3) is 3.49. The van der Waals surface area contributed by atoms with Gasteiger partial charge in [0.25, 0.3) is 0 Å². The van der Waals surface area contributed by atoms with Crippen LogP contribution in [0, 0.1) is 6.92 Å². The average Bonchev–Trinajstić information content (AvgIpc) is 3.04. The van der Waals surface area contributed by atoms with Gasteiger partial charge < -0.3 is 9.30 Å². The van der Waals surface area contributed by atoms with Gasteiger partial charge in [-0.15, -0.1) is 0 Å². The summed E-state index contributed by atoms with van der Waals surface area (Å²) in [5.41, 5.74) is 3.18. The minimum atomic E-state index is 0.534. The molecule has 0 aliphatic carbocycles. The van der Waals surface area contributed by atoms with E-state index in [1.807, 2.05) is 25.1 Å². The molecule has 6 nitrogen and oxygen atoms in total. The quantitative estimate of drug-likeness (QED) is 0.733. The molecule has 0 unspecified atom stereocenters. The van der Waals surface area contributed by atoms with Gasteiger partial charge in [-0.2, -0.15) is 0 Å². The topological polar surface area (TPSA) is 49.6 Å². The number of fused-ring (bicyclic) bond motifs is 1. The number of hydrogen-bond acceptors (Lipinski definition) is 5. The monoisotopic (exact) mass is 336 g/mol. The van der Waals surface area contributed by atoms with Crippen LogP contribution in [-0.4, -0.2) is 50.4 Å². The molecule has 0 N–H and O–H groups in total. The summed E-state index contributed by atoms with van der Waals surface area (Å²) in [6.45, 7) is 5.11. The highest BCUT2D eigenvalue weighted by Gasteiger charge is 2.23. The molecule has 3 aromatic heterocycles. The second-order valence-corrected chi connectivity index (χ2v) is 6.83. The van der Waals surface area contributed by atoms with Crippen LogP contribution in [-0.2, 0) is 6.54 Å². The first kappa shape index (κ1) is 16.0. The van der Waals surface area contributed by atoms with E-state index in [4.69, 9.17) is 4.98 Å². The Balaban J connectivity index is 1.36. The van der Waals surface area contributed by atoms with Gasteiger partial charge in [-0.1, -0.05) is 6.07 Å². The minimum absolute atomic E-state index is 0.534. The first-order valence-electron chi connectivity index (χ1n) is 8.85. The van der Waals surface area contributed by atoms with E-state index in [2.05, 4.69) is 49.7 Å². The second-order valence-electron chi connectivity index (χ2n) is 6.83. The smallest absolute Gasteiger partial charge is 0.137 e. The van der Waals surface area contributed by atoms with Crippen molar-refractivity contribution in [3.63, 3.8) is 0 Å². The maximum Gasteiger partial charge on any atom is 0.137 e. The Labute approximate surface area is 148 Å². The average molecular weight is 336 g/mol. The van der Waals surface area contributed by atoms with Crippen molar-refractivity contribution in [2.45, 2.75) is 32.4 Å². The first-order valence-corrected chi connectivity index (χ1v) is 8.85. The van der Waals surface area contributed by atoms with Crippen molar-refractivity contribution in [1.82, 2.24) is 24.3 Å². The number of aromatic nitrogens is 4. The number of rotatable bonds is 4. The van der Waals surface area contributed by atoms with Gasteiger partial charge in [0.1, 0.15) is 17.8 Å². The molecule has 0 aromatic carbocycles. The van der Waals surface area contributed by atoms with Gasteiger partial charge in [-0.25, -0.2) is 15.0 Å². The fourth-order valence-electron chi connectivity index (χ4n) is 3.58. The number of nitrogens with zero attached hydrogens (tertiary/aromatic N) is 6. The molecular weight excluding hydrogens is 312 g/mol. The Hall–Kier alpha value is -2.47. The summed E-state index contributed by atoms with van der Waals surface area (Å²) in [6, 6.07) is 8.71. The number of piperidine rings is 1. The van der Waals surface area contributed by atoms with Gasteiger partial charge in [0, 0.05) is 56.9 Å². The van der Waals surface area contributed by atoms with Crippen LogP contribution in [0.2, 0.25) is 0 Å². The van der Waals surface area contributed by atoms with Crippen molar-refractivity contribution in [2.24, 2.45) is 0 Å². The van der Waals surface area contributed by atoms with Crippen molar-refractivity contribution >= 4 is 11.5 Å². The van der Waals surface area contributed by atoms with E-state index in [1.54, 1.807) is 6.33 Å². The van der Waals surface area contributed by atoms with Gasteiger partial charge in [-0.3, -0.25) is 4.90 Å². The molecule has 0 spiro atoms. The largest absolute Gasteiger partial charge is 0.356 e. The van der Waals surface area contributed by atoms with Crippen molar-refractivity contribution in [1.29, 1.82) is 0 Å². The molecule has 1 fully saturated rings. The summed E-state index contributed by atoms with van der Waals surface area (Å²) in [5.74, 6) is 1.02. The normalized spacial score (nSPS) is 16.4. The number of anilines is 1. The molecule has 6 heteroatoms. The fraction of sp³-hybridized carbons (Fsp3) is 0.421. The lowest BCUT2D eigenvalue weighted by atomic mass is 10.0. The summed E-state index contributed by atoms with van der Waals surface area (Å²) < 4.78 is 2.09. The molecule has 1 aliphatic rings. The lowest BCUT2D eigenvalue weighted by Gasteiger charge is -2.37. The molecule has 0 radical (unpaired) electrons. The molecule has 25 heavy (non-hydrogen) atoms. The highest BCUT2D eigenvalue weighted by atomic mass is 15.2. The van der Waals surface area contributed by atoms with Crippen LogP contribution in [0.25, 0.3) is 5.65 Å². The lowest BCUT2D eigenvalue weighted by molar-refractivity contribution is 0.201. The van der Waals surface area contributed by atoms with Gasteiger partial charge in [0.15, 0.2) is 0 Å². The Bertz CT molecular complexity index is 817. The van der Waals surface area contributed by atoms with Gasteiger partial charge in [0.05, 0.1) is 5.69 Å². The number of likely N-dealkylation sites (tertiary alicyclic amines) is 1. The van der Waals surface area contributed by atoms with E-state index >= 15 is 0 Å². The summed E-state index contributed by atoms with van der Waals surface area (Å²) >= 11 is 0. The molecule has 0 amide bonds. The Kier molecular flexibility index (Phi) is 4.36. The Morgan fingerprint density at radius 1 is 1.20 bits per heavy atom. The van der Waals surface area contributed by atoms with Gasteiger partial charge >= 0.3 is 0 Å². The van der Waals surface area contributed by atoms with Crippen molar-refractivity contribution < 1.29 is 0 Å². The molecule has 4 heterocycles. The van der Waals surface area contributed by atoms with Crippen LogP contribution in [0.5, 0.6) is 0 Å². The molecule has 0 saturated carbocycles. The molecular formula is C19H24N6. The molecule has 1 aliphatic heterocycles. The Morgan fingerprint density at radius 3 is 2.80 bits per heavy atom. The predicted octanol–water partition coefficient (Wildman–Crippen LogP) is 2.53. The number of aryl methyl sites for hydroxylation is 1.